The minimum atomic E-state index is 0.0406. The molecule has 1 aromatic heterocycles. The number of rotatable bonds is 4. The van der Waals surface area contributed by atoms with E-state index >= 15 is 0 Å². The van der Waals surface area contributed by atoms with Crippen LogP contribution in [0.1, 0.15) is 0 Å². The zero-order chi connectivity index (χ0) is 14.5. The lowest BCUT2D eigenvalue weighted by Crippen LogP contribution is -2.46. The molecule has 0 saturated carbocycles. The van der Waals surface area contributed by atoms with E-state index in [-0.39, 0.29) is 5.91 Å². The number of aromatic nitrogens is 1. The number of piperazine rings is 1. The predicted octanol–water partition coefficient (Wildman–Crippen LogP) is 1.65. The normalized spacial score (nSPS) is 15.8. The molecule has 0 bridgehead atoms. The van der Waals surface area contributed by atoms with Gasteiger partial charge < -0.3 is 10.6 Å². The maximum atomic E-state index is 12.0. The van der Waals surface area contributed by atoms with E-state index in [1.54, 1.807) is 17.5 Å². The fraction of sp³-hybridized carbons (Fsp3) is 0.333. The van der Waals surface area contributed by atoms with Crippen molar-refractivity contribution < 1.29 is 4.79 Å². The van der Waals surface area contributed by atoms with Gasteiger partial charge in [-0.25, -0.2) is 4.98 Å². The van der Waals surface area contributed by atoms with Crippen LogP contribution in [0.4, 0.5) is 5.69 Å². The Balaban J connectivity index is 1.56. The SMILES string of the molecule is O=C(CN1CCNCC1)Nc1ccc(-c2nccs2)cc1. The molecule has 6 heteroatoms. The summed E-state index contributed by atoms with van der Waals surface area (Å²) < 4.78 is 0. The molecule has 110 valence electrons. The third-order valence-electron chi connectivity index (χ3n) is 3.42. The van der Waals surface area contributed by atoms with Gasteiger partial charge in [0, 0.05) is 49.0 Å². The molecule has 0 aliphatic carbocycles. The van der Waals surface area contributed by atoms with Crippen LogP contribution in [0.25, 0.3) is 10.6 Å². The summed E-state index contributed by atoms with van der Waals surface area (Å²) in [6.07, 6.45) is 1.79. The van der Waals surface area contributed by atoms with Gasteiger partial charge in [0.25, 0.3) is 0 Å². The molecule has 2 heterocycles. The smallest absolute Gasteiger partial charge is 0.238 e. The van der Waals surface area contributed by atoms with E-state index in [2.05, 4.69) is 20.5 Å². The van der Waals surface area contributed by atoms with E-state index in [1.165, 1.54) is 0 Å². The summed E-state index contributed by atoms with van der Waals surface area (Å²) in [5.74, 6) is 0.0406. The summed E-state index contributed by atoms with van der Waals surface area (Å²) >= 11 is 1.61. The number of thiazole rings is 1. The Labute approximate surface area is 128 Å². The summed E-state index contributed by atoms with van der Waals surface area (Å²) in [6, 6.07) is 7.82. The van der Waals surface area contributed by atoms with Gasteiger partial charge in [0.2, 0.25) is 5.91 Å². The van der Waals surface area contributed by atoms with Crippen LogP contribution in [0.5, 0.6) is 0 Å². The summed E-state index contributed by atoms with van der Waals surface area (Å²) in [5, 5.41) is 9.17. The Bertz CT molecular complexity index is 576. The lowest BCUT2D eigenvalue weighted by atomic mass is 10.2. The highest BCUT2D eigenvalue weighted by Gasteiger charge is 2.13. The molecule has 2 aromatic rings. The third kappa shape index (κ3) is 3.87. The highest BCUT2D eigenvalue weighted by molar-refractivity contribution is 7.13. The molecular weight excluding hydrogens is 284 g/mol. The van der Waals surface area contributed by atoms with Crippen molar-refractivity contribution in [3.63, 3.8) is 0 Å². The first-order valence-corrected chi connectivity index (χ1v) is 7.92. The van der Waals surface area contributed by atoms with Gasteiger partial charge in [0.15, 0.2) is 0 Å². The van der Waals surface area contributed by atoms with Crippen molar-refractivity contribution >= 4 is 22.9 Å². The Morgan fingerprint density at radius 1 is 1.29 bits per heavy atom. The zero-order valence-corrected chi connectivity index (χ0v) is 12.5. The minimum Gasteiger partial charge on any atom is -0.325 e. The molecule has 21 heavy (non-hydrogen) atoms. The minimum absolute atomic E-state index is 0.0406. The first kappa shape index (κ1) is 14.2. The lowest BCUT2D eigenvalue weighted by molar-refractivity contribution is -0.117. The highest BCUT2D eigenvalue weighted by atomic mass is 32.1. The first-order valence-electron chi connectivity index (χ1n) is 7.04. The molecule has 0 spiro atoms. The predicted molar refractivity (Wildman–Crippen MR) is 85.5 cm³/mol. The number of hydrogen-bond donors (Lipinski definition) is 2. The molecule has 1 aliphatic rings. The molecule has 1 fully saturated rings. The molecule has 1 amide bonds. The van der Waals surface area contributed by atoms with Crippen LogP contribution in [-0.2, 0) is 4.79 Å². The fourth-order valence-electron chi connectivity index (χ4n) is 2.34. The standard InChI is InChI=1S/C15H18N4OS/c20-14(11-19-8-5-16-6-9-19)18-13-3-1-12(2-4-13)15-17-7-10-21-15/h1-4,7,10,16H,5-6,8-9,11H2,(H,18,20). The van der Waals surface area contributed by atoms with Crippen molar-refractivity contribution in [2.75, 3.05) is 38.0 Å². The number of benzene rings is 1. The molecule has 3 rings (SSSR count). The van der Waals surface area contributed by atoms with Gasteiger partial charge in [0.1, 0.15) is 5.01 Å². The average Bonchev–Trinajstić information content (AvgIpc) is 3.03. The van der Waals surface area contributed by atoms with E-state index in [4.69, 9.17) is 0 Å². The molecule has 1 aromatic carbocycles. The second-order valence-electron chi connectivity index (χ2n) is 4.99. The van der Waals surface area contributed by atoms with Crippen LogP contribution < -0.4 is 10.6 Å². The molecular formula is C15H18N4OS. The second-order valence-corrected chi connectivity index (χ2v) is 5.88. The number of nitrogens with one attached hydrogen (secondary N) is 2. The van der Waals surface area contributed by atoms with Gasteiger partial charge in [-0.05, 0) is 24.3 Å². The zero-order valence-electron chi connectivity index (χ0n) is 11.7. The van der Waals surface area contributed by atoms with Crippen molar-refractivity contribution in [3.8, 4) is 10.6 Å². The van der Waals surface area contributed by atoms with Crippen molar-refractivity contribution in [2.45, 2.75) is 0 Å². The van der Waals surface area contributed by atoms with Crippen LogP contribution in [0.15, 0.2) is 35.8 Å². The van der Waals surface area contributed by atoms with Crippen molar-refractivity contribution in [1.29, 1.82) is 0 Å². The van der Waals surface area contributed by atoms with Gasteiger partial charge >= 0.3 is 0 Å². The van der Waals surface area contributed by atoms with E-state index < -0.39 is 0 Å². The van der Waals surface area contributed by atoms with Gasteiger partial charge in [-0.3, -0.25) is 9.69 Å². The molecule has 0 atom stereocenters. The number of hydrogen-bond acceptors (Lipinski definition) is 5. The topological polar surface area (TPSA) is 57.3 Å². The Hall–Kier alpha value is -1.76. The van der Waals surface area contributed by atoms with E-state index in [9.17, 15) is 4.79 Å². The number of nitrogens with zero attached hydrogens (tertiary/aromatic N) is 2. The van der Waals surface area contributed by atoms with Gasteiger partial charge in [-0.15, -0.1) is 11.3 Å². The average molecular weight is 302 g/mol. The maximum absolute atomic E-state index is 12.0. The molecule has 1 aliphatic heterocycles. The van der Waals surface area contributed by atoms with E-state index in [0.717, 1.165) is 42.4 Å². The monoisotopic (exact) mass is 302 g/mol. The summed E-state index contributed by atoms with van der Waals surface area (Å²) in [4.78, 5) is 18.4. The van der Waals surface area contributed by atoms with Gasteiger partial charge in [0.05, 0.1) is 6.54 Å². The molecule has 2 N–H and O–H groups in total. The largest absolute Gasteiger partial charge is 0.325 e. The highest BCUT2D eigenvalue weighted by Crippen LogP contribution is 2.23. The van der Waals surface area contributed by atoms with Gasteiger partial charge in [-0.2, -0.15) is 0 Å². The van der Waals surface area contributed by atoms with Crippen LogP contribution in [0, 0.1) is 0 Å². The van der Waals surface area contributed by atoms with E-state index in [0.29, 0.717) is 6.54 Å². The fourth-order valence-corrected chi connectivity index (χ4v) is 2.98. The molecule has 5 nitrogen and oxygen atoms in total. The Morgan fingerprint density at radius 3 is 2.71 bits per heavy atom. The number of carbonyl (C=O) groups is 1. The third-order valence-corrected chi connectivity index (χ3v) is 4.25. The Kier molecular flexibility index (Phi) is 4.59. The Morgan fingerprint density at radius 2 is 2.05 bits per heavy atom. The van der Waals surface area contributed by atoms with Crippen molar-refractivity contribution in [3.05, 3.63) is 35.8 Å². The number of amides is 1. The van der Waals surface area contributed by atoms with Crippen molar-refractivity contribution in [1.82, 2.24) is 15.2 Å². The quantitative estimate of drug-likeness (QED) is 0.902. The molecule has 0 unspecified atom stereocenters. The van der Waals surface area contributed by atoms with Crippen LogP contribution in [0.3, 0.4) is 0 Å². The number of anilines is 1. The van der Waals surface area contributed by atoms with Crippen molar-refractivity contribution in [2.24, 2.45) is 0 Å². The maximum Gasteiger partial charge on any atom is 0.238 e. The van der Waals surface area contributed by atoms with Crippen LogP contribution in [-0.4, -0.2) is 48.5 Å². The lowest BCUT2D eigenvalue weighted by Gasteiger charge is -2.26. The van der Waals surface area contributed by atoms with Crippen LogP contribution in [0.2, 0.25) is 0 Å². The molecule has 1 saturated heterocycles. The van der Waals surface area contributed by atoms with E-state index in [1.807, 2.05) is 29.6 Å². The summed E-state index contributed by atoms with van der Waals surface area (Å²) in [5.41, 5.74) is 1.90. The summed E-state index contributed by atoms with van der Waals surface area (Å²) in [6.45, 7) is 4.22. The van der Waals surface area contributed by atoms with Crippen LogP contribution >= 0.6 is 11.3 Å². The van der Waals surface area contributed by atoms with Gasteiger partial charge in [-0.1, -0.05) is 0 Å². The first-order chi connectivity index (χ1) is 10.3. The second kappa shape index (κ2) is 6.80. The number of carbonyl (C=O) groups excluding carboxylic acids is 1. The summed E-state index contributed by atoms with van der Waals surface area (Å²) in [7, 11) is 0. The molecule has 0 radical (unpaired) electrons.